The number of nitrogens with zero attached hydrogens (tertiary/aromatic N) is 3. The van der Waals surface area contributed by atoms with Gasteiger partial charge in [-0.25, -0.2) is 9.78 Å². The molecule has 0 aliphatic rings. The van der Waals surface area contributed by atoms with Gasteiger partial charge in [0, 0.05) is 20.2 Å². The van der Waals surface area contributed by atoms with Crippen molar-refractivity contribution in [1.29, 1.82) is 0 Å². The average molecular weight is 296 g/mol. The molecule has 1 rings (SSSR count). The Bertz CT molecular complexity index is 573. The van der Waals surface area contributed by atoms with Gasteiger partial charge in [-0.05, 0) is 13.0 Å². The lowest BCUT2D eigenvalue weighted by molar-refractivity contribution is -0.384. The number of carbonyl (C=O) groups is 2. The highest BCUT2D eigenvalue weighted by molar-refractivity contribution is 5.89. The van der Waals surface area contributed by atoms with E-state index < -0.39 is 16.9 Å². The summed E-state index contributed by atoms with van der Waals surface area (Å²) in [7, 11) is 4.30. The van der Waals surface area contributed by atoms with Crippen LogP contribution in [0, 0.1) is 10.1 Å². The molecule has 0 saturated heterocycles. The van der Waals surface area contributed by atoms with Crippen LogP contribution in [0.25, 0.3) is 0 Å². The van der Waals surface area contributed by atoms with E-state index in [4.69, 9.17) is 0 Å². The molecular formula is C12H16N4O5. The van der Waals surface area contributed by atoms with Crippen LogP contribution in [0.1, 0.15) is 17.4 Å². The van der Waals surface area contributed by atoms with Crippen LogP contribution >= 0.6 is 0 Å². The van der Waals surface area contributed by atoms with Crippen molar-refractivity contribution in [3.05, 3.63) is 27.9 Å². The second-order valence-electron chi connectivity index (χ2n) is 4.41. The first-order valence-electron chi connectivity index (χ1n) is 5.99. The smallest absolute Gasteiger partial charge is 0.356 e. The molecule has 0 radical (unpaired) electrons. The summed E-state index contributed by atoms with van der Waals surface area (Å²) >= 11 is 0. The lowest BCUT2D eigenvalue weighted by atomic mass is 10.2. The summed E-state index contributed by atoms with van der Waals surface area (Å²) in [6.45, 7) is 1.54. The maximum Gasteiger partial charge on any atom is 0.356 e. The molecule has 0 saturated carbocycles. The van der Waals surface area contributed by atoms with Crippen LogP contribution in [-0.2, 0) is 9.53 Å². The van der Waals surface area contributed by atoms with Crippen LogP contribution in [0.2, 0.25) is 0 Å². The number of esters is 1. The molecular weight excluding hydrogens is 280 g/mol. The quantitative estimate of drug-likeness (QED) is 0.482. The largest absolute Gasteiger partial charge is 0.464 e. The fourth-order valence-electron chi connectivity index (χ4n) is 1.58. The number of likely N-dealkylation sites (N-methyl/N-ethyl adjacent to an activating group) is 1. The van der Waals surface area contributed by atoms with Crippen molar-refractivity contribution in [2.45, 2.75) is 13.0 Å². The van der Waals surface area contributed by atoms with Crippen molar-refractivity contribution in [2.24, 2.45) is 0 Å². The SMILES string of the molecule is COC(=O)c1ccc([N+](=O)[O-])c(NC(C)C(=O)N(C)C)n1. The summed E-state index contributed by atoms with van der Waals surface area (Å²) in [5, 5.41) is 13.6. The number of pyridine rings is 1. The molecule has 1 aromatic rings. The van der Waals surface area contributed by atoms with Gasteiger partial charge < -0.3 is 15.0 Å². The fourth-order valence-corrected chi connectivity index (χ4v) is 1.58. The molecule has 0 aromatic carbocycles. The van der Waals surface area contributed by atoms with Gasteiger partial charge >= 0.3 is 11.7 Å². The normalized spacial score (nSPS) is 11.4. The number of nitrogens with one attached hydrogen (secondary N) is 1. The summed E-state index contributed by atoms with van der Waals surface area (Å²) in [5.41, 5.74) is -0.420. The van der Waals surface area contributed by atoms with Crippen molar-refractivity contribution in [3.63, 3.8) is 0 Å². The first kappa shape index (κ1) is 16.3. The van der Waals surface area contributed by atoms with Crippen molar-refractivity contribution in [2.75, 3.05) is 26.5 Å². The molecule has 1 atom stereocenters. The van der Waals surface area contributed by atoms with Crippen LogP contribution in [0.5, 0.6) is 0 Å². The van der Waals surface area contributed by atoms with E-state index in [-0.39, 0.29) is 23.1 Å². The van der Waals surface area contributed by atoms with Gasteiger partial charge in [0.05, 0.1) is 12.0 Å². The maximum absolute atomic E-state index is 11.8. The summed E-state index contributed by atoms with van der Waals surface area (Å²) in [4.78, 5) is 38.7. The van der Waals surface area contributed by atoms with Crippen molar-refractivity contribution < 1.29 is 19.2 Å². The van der Waals surface area contributed by atoms with Gasteiger partial charge in [-0.2, -0.15) is 0 Å². The van der Waals surface area contributed by atoms with E-state index in [2.05, 4.69) is 15.0 Å². The number of hydrogen-bond acceptors (Lipinski definition) is 7. The van der Waals surface area contributed by atoms with Gasteiger partial charge in [-0.15, -0.1) is 0 Å². The molecule has 1 heterocycles. The Kier molecular flexibility index (Phi) is 5.17. The zero-order valence-electron chi connectivity index (χ0n) is 12.1. The second kappa shape index (κ2) is 6.64. The highest BCUT2D eigenvalue weighted by Gasteiger charge is 2.23. The minimum Gasteiger partial charge on any atom is -0.464 e. The van der Waals surface area contributed by atoms with Crippen LogP contribution < -0.4 is 5.32 Å². The Morgan fingerprint density at radius 2 is 2.05 bits per heavy atom. The van der Waals surface area contributed by atoms with Crippen molar-refractivity contribution in [3.8, 4) is 0 Å². The van der Waals surface area contributed by atoms with E-state index in [0.29, 0.717) is 0 Å². The van der Waals surface area contributed by atoms with Gasteiger partial charge in [0.2, 0.25) is 11.7 Å². The van der Waals surface area contributed by atoms with E-state index in [1.807, 2.05) is 0 Å². The van der Waals surface area contributed by atoms with E-state index in [0.717, 1.165) is 6.07 Å². The number of methoxy groups -OCH3 is 1. The molecule has 0 bridgehead atoms. The number of ether oxygens (including phenoxy) is 1. The van der Waals surface area contributed by atoms with Crippen molar-refractivity contribution >= 4 is 23.4 Å². The minimum absolute atomic E-state index is 0.0879. The molecule has 0 fully saturated rings. The average Bonchev–Trinajstić information content (AvgIpc) is 2.44. The molecule has 0 aliphatic heterocycles. The Morgan fingerprint density at radius 1 is 1.43 bits per heavy atom. The summed E-state index contributed by atoms with van der Waals surface area (Å²) < 4.78 is 4.51. The number of amides is 1. The highest BCUT2D eigenvalue weighted by Crippen LogP contribution is 2.23. The van der Waals surface area contributed by atoms with Gasteiger partial charge in [-0.3, -0.25) is 14.9 Å². The Morgan fingerprint density at radius 3 is 2.52 bits per heavy atom. The Balaban J connectivity index is 3.15. The summed E-state index contributed by atoms with van der Waals surface area (Å²) in [6, 6.07) is 1.58. The zero-order chi connectivity index (χ0) is 16.2. The van der Waals surface area contributed by atoms with E-state index in [1.165, 1.54) is 18.1 Å². The summed E-state index contributed by atoms with van der Waals surface area (Å²) in [6.07, 6.45) is 0. The number of carbonyl (C=O) groups excluding carboxylic acids is 2. The number of aromatic nitrogens is 1. The van der Waals surface area contributed by atoms with Crippen LogP contribution in [0.4, 0.5) is 11.5 Å². The lowest BCUT2D eigenvalue weighted by Crippen LogP contribution is -2.37. The first-order chi connectivity index (χ1) is 9.77. The van der Waals surface area contributed by atoms with Gasteiger partial charge in [0.15, 0.2) is 5.69 Å². The molecule has 9 nitrogen and oxygen atoms in total. The standard InChI is InChI=1S/C12H16N4O5/c1-7(11(17)15(2)3)13-10-9(16(19)20)6-5-8(14-10)12(18)21-4/h5-7H,1-4H3,(H,13,14). The first-order valence-corrected chi connectivity index (χ1v) is 5.99. The van der Waals surface area contributed by atoms with Gasteiger partial charge in [0.1, 0.15) is 6.04 Å². The third-order valence-electron chi connectivity index (χ3n) is 2.63. The number of rotatable bonds is 5. The van der Waals surface area contributed by atoms with Gasteiger partial charge in [0.25, 0.3) is 0 Å². The minimum atomic E-state index is -0.737. The molecule has 0 spiro atoms. The zero-order valence-corrected chi connectivity index (χ0v) is 12.1. The van der Waals surface area contributed by atoms with Crippen LogP contribution in [0.3, 0.4) is 0 Å². The fraction of sp³-hybridized carbons (Fsp3) is 0.417. The lowest BCUT2D eigenvalue weighted by Gasteiger charge is -2.18. The van der Waals surface area contributed by atoms with Crippen LogP contribution in [0.15, 0.2) is 12.1 Å². The van der Waals surface area contributed by atoms with E-state index in [9.17, 15) is 19.7 Å². The third kappa shape index (κ3) is 3.88. The highest BCUT2D eigenvalue weighted by atomic mass is 16.6. The van der Waals surface area contributed by atoms with Crippen molar-refractivity contribution in [1.82, 2.24) is 9.88 Å². The number of hydrogen-bond donors (Lipinski definition) is 1. The molecule has 9 heteroatoms. The molecule has 1 N–H and O–H groups in total. The molecule has 114 valence electrons. The number of anilines is 1. The van der Waals surface area contributed by atoms with E-state index in [1.54, 1.807) is 21.0 Å². The molecule has 1 amide bonds. The van der Waals surface area contributed by atoms with Crippen LogP contribution in [-0.4, -0.2) is 53.9 Å². The maximum atomic E-state index is 11.8. The molecule has 21 heavy (non-hydrogen) atoms. The molecule has 1 unspecified atom stereocenters. The second-order valence-corrected chi connectivity index (χ2v) is 4.41. The predicted octanol–water partition coefficient (Wildman–Crippen LogP) is 0.665. The molecule has 0 aliphatic carbocycles. The predicted molar refractivity (Wildman–Crippen MR) is 74.0 cm³/mol. The van der Waals surface area contributed by atoms with E-state index >= 15 is 0 Å². The summed E-state index contributed by atoms with van der Waals surface area (Å²) in [5.74, 6) is -1.17. The monoisotopic (exact) mass is 296 g/mol. The third-order valence-corrected chi connectivity index (χ3v) is 2.63. The Labute approximate surface area is 121 Å². The molecule has 1 aromatic heterocycles. The Hall–Kier alpha value is -2.71. The number of nitro groups is 1. The van der Waals surface area contributed by atoms with Gasteiger partial charge in [-0.1, -0.05) is 0 Å². The topological polar surface area (TPSA) is 115 Å².